The highest BCUT2D eigenvalue weighted by molar-refractivity contribution is 4.93. The van der Waals surface area contributed by atoms with Crippen molar-refractivity contribution in [1.82, 2.24) is 5.01 Å². The third-order valence-electron chi connectivity index (χ3n) is 4.15. The van der Waals surface area contributed by atoms with E-state index in [1.165, 1.54) is 38.6 Å². The highest BCUT2D eigenvalue weighted by Gasteiger charge is 2.41. The molecule has 2 saturated heterocycles. The first-order chi connectivity index (χ1) is 5.81. The van der Waals surface area contributed by atoms with Crippen LogP contribution in [0.15, 0.2) is 0 Å². The van der Waals surface area contributed by atoms with Gasteiger partial charge in [0, 0.05) is 12.6 Å². The molecule has 4 aliphatic rings. The number of nitrogens with zero attached hydrogens (tertiary/aromatic N) is 1. The van der Waals surface area contributed by atoms with Crippen molar-refractivity contribution in [3.63, 3.8) is 0 Å². The van der Waals surface area contributed by atoms with Gasteiger partial charge >= 0.3 is 0 Å². The Kier molecular flexibility index (Phi) is 1.50. The second kappa shape index (κ2) is 2.46. The number of nitrogens with two attached hydrogens (primary N) is 1. The quantitative estimate of drug-likeness (QED) is 0.551. The van der Waals surface area contributed by atoms with Gasteiger partial charge in [0.2, 0.25) is 0 Å². The molecule has 0 aromatic heterocycles. The largest absolute Gasteiger partial charge is 0.269 e. The molecule has 68 valence electrons. The van der Waals surface area contributed by atoms with Gasteiger partial charge in [-0.15, -0.1) is 0 Å². The van der Waals surface area contributed by atoms with Crippen molar-refractivity contribution in [2.45, 2.75) is 38.1 Å². The van der Waals surface area contributed by atoms with Crippen molar-refractivity contribution in [3.05, 3.63) is 0 Å². The van der Waals surface area contributed by atoms with Crippen LogP contribution in [0.1, 0.15) is 32.1 Å². The predicted molar refractivity (Wildman–Crippen MR) is 48.2 cm³/mol. The normalized spacial score (nSPS) is 52.8. The van der Waals surface area contributed by atoms with E-state index in [9.17, 15) is 0 Å². The topological polar surface area (TPSA) is 29.3 Å². The van der Waals surface area contributed by atoms with Crippen LogP contribution < -0.4 is 5.84 Å². The molecule has 12 heavy (non-hydrogen) atoms. The summed E-state index contributed by atoms with van der Waals surface area (Å²) >= 11 is 0. The van der Waals surface area contributed by atoms with Gasteiger partial charge in [0.15, 0.2) is 0 Å². The fourth-order valence-corrected chi connectivity index (χ4v) is 3.82. The second-order valence-electron chi connectivity index (χ2n) is 5.13. The van der Waals surface area contributed by atoms with Gasteiger partial charge in [-0.2, -0.15) is 0 Å². The van der Waals surface area contributed by atoms with E-state index < -0.39 is 0 Å². The van der Waals surface area contributed by atoms with Crippen LogP contribution in [0.3, 0.4) is 0 Å². The van der Waals surface area contributed by atoms with Crippen molar-refractivity contribution in [2.24, 2.45) is 23.6 Å². The minimum atomic E-state index is 0.737. The maximum atomic E-state index is 6.04. The maximum Gasteiger partial charge on any atom is 0.0246 e. The van der Waals surface area contributed by atoms with Crippen LogP contribution in [0.25, 0.3) is 0 Å². The van der Waals surface area contributed by atoms with E-state index in [-0.39, 0.29) is 0 Å². The summed E-state index contributed by atoms with van der Waals surface area (Å²) in [6.45, 7) is 1.18. The molecule has 0 aromatic rings. The molecule has 2 heterocycles. The van der Waals surface area contributed by atoms with Gasteiger partial charge in [-0.3, -0.25) is 5.84 Å². The summed E-state index contributed by atoms with van der Waals surface area (Å²) in [5, 5.41) is 2.14. The lowest BCUT2D eigenvalue weighted by molar-refractivity contribution is 0.126. The van der Waals surface area contributed by atoms with E-state index in [1.807, 2.05) is 0 Å². The van der Waals surface area contributed by atoms with Crippen LogP contribution in [0.2, 0.25) is 0 Å². The van der Waals surface area contributed by atoms with Crippen molar-refractivity contribution in [1.29, 1.82) is 0 Å². The highest BCUT2D eigenvalue weighted by Crippen LogP contribution is 2.46. The van der Waals surface area contributed by atoms with Gasteiger partial charge < -0.3 is 0 Å². The summed E-state index contributed by atoms with van der Waals surface area (Å²) in [5.74, 6) is 9.03. The van der Waals surface area contributed by atoms with E-state index in [0.29, 0.717) is 0 Å². The molecule has 2 unspecified atom stereocenters. The third kappa shape index (κ3) is 1.01. The molecule has 4 fully saturated rings. The molecule has 2 aliphatic carbocycles. The molecule has 0 spiro atoms. The molecule has 2 saturated carbocycles. The molecule has 2 aliphatic heterocycles. The molecule has 2 heteroatoms. The number of hydrogen-bond donors (Lipinski definition) is 1. The molecule has 0 aromatic carbocycles. The summed E-state index contributed by atoms with van der Waals surface area (Å²) in [5.41, 5.74) is 0. The zero-order valence-electron chi connectivity index (χ0n) is 7.58. The summed E-state index contributed by atoms with van der Waals surface area (Å²) in [4.78, 5) is 0. The third-order valence-corrected chi connectivity index (χ3v) is 4.15. The van der Waals surface area contributed by atoms with Gasteiger partial charge in [-0.1, -0.05) is 0 Å². The first kappa shape index (κ1) is 7.34. The Morgan fingerprint density at radius 3 is 2.08 bits per heavy atom. The monoisotopic (exact) mass is 166 g/mol. The average molecular weight is 166 g/mol. The molecular weight excluding hydrogens is 148 g/mol. The van der Waals surface area contributed by atoms with E-state index >= 15 is 0 Å². The molecule has 0 amide bonds. The zero-order valence-corrected chi connectivity index (χ0v) is 7.58. The van der Waals surface area contributed by atoms with E-state index in [0.717, 1.165) is 23.8 Å². The van der Waals surface area contributed by atoms with Crippen molar-refractivity contribution in [2.75, 3.05) is 6.54 Å². The Hall–Kier alpha value is -0.0800. The molecule has 2 N–H and O–H groups in total. The molecule has 2 atom stereocenters. The molecule has 0 radical (unpaired) electrons. The van der Waals surface area contributed by atoms with E-state index in [4.69, 9.17) is 5.84 Å². The molecular formula is C10H18N2. The highest BCUT2D eigenvalue weighted by atomic mass is 15.4. The summed E-state index contributed by atoms with van der Waals surface area (Å²) in [6.07, 6.45) is 7.25. The van der Waals surface area contributed by atoms with Crippen molar-refractivity contribution in [3.8, 4) is 0 Å². The second-order valence-corrected chi connectivity index (χ2v) is 5.13. The number of fused-ring (bicyclic) bond motifs is 1. The van der Waals surface area contributed by atoms with Gasteiger partial charge in [0.25, 0.3) is 0 Å². The maximum absolute atomic E-state index is 6.04. The van der Waals surface area contributed by atoms with E-state index in [2.05, 4.69) is 5.01 Å². The van der Waals surface area contributed by atoms with Gasteiger partial charge in [-0.25, -0.2) is 5.01 Å². The Morgan fingerprint density at radius 1 is 0.833 bits per heavy atom. The minimum absolute atomic E-state index is 0.737. The van der Waals surface area contributed by atoms with Gasteiger partial charge in [-0.05, 0) is 49.9 Å². The fourth-order valence-electron chi connectivity index (χ4n) is 3.82. The van der Waals surface area contributed by atoms with Crippen LogP contribution in [0.4, 0.5) is 0 Å². The lowest BCUT2D eigenvalue weighted by Gasteiger charge is -2.38. The summed E-state index contributed by atoms with van der Waals surface area (Å²) < 4.78 is 0. The Bertz CT molecular complexity index is 178. The average Bonchev–Trinajstić information content (AvgIpc) is 2.16. The first-order valence-electron chi connectivity index (χ1n) is 5.32. The number of hydrogen-bond acceptors (Lipinski definition) is 2. The zero-order chi connectivity index (χ0) is 8.13. The van der Waals surface area contributed by atoms with Crippen LogP contribution in [0, 0.1) is 17.8 Å². The SMILES string of the molecule is NN1CC2CC3CC(C2)CC1C3. The van der Waals surface area contributed by atoms with Crippen molar-refractivity contribution >= 4 is 0 Å². The fraction of sp³-hybridized carbons (Fsp3) is 1.00. The number of rotatable bonds is 0. The van der Waals surface area contributed by atoms with Crippen LogP contribution in [-0.2, 0) is 0 Å². The van der Waals surface area contributed by atoms with Crippen LogP contribution >= 0.6 is 0 Å². The summed E-state index contributed by atoms with van der Waals surface area (Å²) in [7, 11) is 0. The Morgan fingerprint density at radius 2 is 1.42 bits per heavy atom. The lowest BCUT2D eigenvalue weighted by Crippen LogP contribution is -2.42. The first-order valence-corrected chi connectivity index (χ1v) is 5.32. The molecule has 2 nitrogen and oxygen atoms in total. The Labute approximate surface area is 74.1 Å². The lowest BCUT2D eigenvalue weighted by atomic mass is 9.68. The van der Waals surface area contributed by atoms with E-state index in [1.54, 1.807) is 0 Å². The summed E-state index contributed by atoms with van der Waals surface area (Å²) in [6, 6.07) is 0.737. The van der Waals surface area contributed by atoms with Gasteiger partial charge in [0.1, 0.15) is 0 Å². The standard InChI is InChI=1S/C10H18N2/c11-12-6-9-2-7-1-8(3-9)5-10(12)4-7/h7-10H,1-6,11H2. The van der Waals surface area contributed by atoms with Gasteiger partial charge in [0.05, 0.1) is 0 Å². The molecule has 4 bridgehead atoms. The predicted octanol–water partition coefficient (Wildman–Crippen LogP) is 1.37. The number of hydrazine groups is 1. The minimum Gasteiger partial charge on any atom is -0.269 e. The van der Waals surface area contributed by atoms with Crippen LogP contribution in [0.5, 0.6) is 0 Å². The molecule has 4 rings (SSSR count). The van der Waals surface area contributed by atoms with Crippen LogP contribution in [-0.4, -0.2) is 17.6 Å². The smallest absolute Gasteiger partial charge is 0.0246 e. The van der Waals surface area contributed by atoms with Crippen molar-refractivity contribution < 1.29 is 0 Å². The Balaban J connectivity index is 1.91.